The van der Waals surface area contributed by atoms with E-state index in [-0.39, 0.29) is 17.8 Å². The number of piperidine rings is 1. The van der Waals surface area contributed by atoms with Crippen LogP contribution in [0.2, 0.25) is 0 Å². The molecule has 4 heteroatoms. The Balaban J connectivity index is 1.62. The van der Waals surface area contributed by atoms with Crippen molar-refractivity contribution in [3.63, 3.8) is 0 Å². The number of carbonyl (C=O) groups excluding carboxylic acids is 1. The molecule has 1 N–H and O–H groups in total. The Morgan fingerprint density at radius 3 is 2.63 bits per heavy atom. The molecule has 1 unspecified atom stereocenters. The van der Waals surface area contributed by atoms with Gasteiger partial charge in [-0.05, 0) is 43.4 Å². The first kappa shape index (κ1) is 12.6. The number of benzene rings is 1. The average molecular weight is 262 g/mol. The second-order valence-corrected chi connectivity index (χ2v) is 5.52. The van der Waals surface area contributed by atoms with Crippen LogP contribution in [0.5, 0.6) is 0 Å². The lowest BCUT2D eigenvalue weighted by molar-refractivity contribution is -0.136. The lowest BCUT2D eigenvalue weighted by Crippen LogP contribution is -2.50. The number of hydrogen-bond donors (Lipinski definition) is 1. The summed E-state index contributed by atoms with van der Waals surface area (Å²) >= 11 is 0. The highest BCUT2D eigenvalue weighted by molar-refractivity contribution is 5.82. The number of nitrogens with one attached hydrogen (secondary N) is 1. The Labute approximate surface area is 112 Å². The van der Waals surface area contributed by atoms with Gasteiger partial charge in [-0.1, -0.05) is 12.1 Å². The van der Waals surface area contributed by atoms with Crippen molar-refractivity contribution in [1.82, 2.24) is 10.2 Å². The molecule has 0 spiro atoms. The van der Waals surface area contributed by atoms with Gasteiger partial charge in [-0.2, -0.15) is 0 Å². The summed E-state index contributed by atoms with van der Waals surface area (Å²) < 4.78 is 12.9. The quantitative estimate of drug-likeness (QED) is 0.901. The summed E-state index contributed by atoms with van der Waals surface area (Å²) in [6, 6.07) is 6.94. The van der Waals surface area contributed by atoms with Crippen molar-refractivity contribution in [3.8, 4) is 0 Å². The van der Waals surface area contributed by atoms with Gasteiger partial charge in [0.15, 0.2) is 0 Å². The number of halogens is 1. The van der Waals surface area contributed by atoms with Crippen molar-refractivity contribution in [2.45, 2.75) is 44.3 Å². The third-order valence-corrected chi connectivity index (χ3v) is 3.83. The maximum Gasteiger partial charge on any atom is 0.240 e. The monoisotopic (exact) mass is 262 g/mol. The van der Waals surface area contributed by atoms with Crippen LogP contribution in [0.3, 0.4) is 0 Å². The van der Waals surface area contributed by atoms with Gasteiger partial charge in [0.2, 0.25) is 5.91 Å². The second kappa shape index (κ2) is 5.29. The van der Waals surface area contributed by atoms with Gasteiger partial charge in [0.1, 0.15) is 5.82 Å². The molecule has 0 bridgehead atoms. The zero-order chi connectivity index (χ0) is 13.2. The second-order valence-electron chi connectivity index (χ2n) is 5.52. The van der Waals surface area contributed by atoms with Crippen LogP contribution in [-0.4, -0.2) is 29.4 Å². The van der Waals surface area contributed by atoms with Gasteiger partial charge in [0, 0.05) is 19.1 Å². The summed E-state index contributed by atoms with van der Waals surface area (Å²) in [6.45, 7) is 1.39. The molecule has 1 amide bonds. The van der Waals surface area contributed by atoms with Crippen LogP contribution in [0.15, 0.2) is 24.3 Å². The van der Waals surface area contributed by atoms with E-state index in [1.165, 1.54) is 25.0 Å². The zero-order valence-corrected chi connectivity index (χ0v) is 10.9. The number of nitrogens with zero attached hydrogens (tertiary/aromatic N) is 1. The van der Waals surface area contributed by atoms with E-state index in [1.54, 1.807) is 12.1 Å². The number of rotatable bonds is 4. The maximum atomic E-state index is 12.9. The largest absolute Gasteiger partial charge is 0.337 e. The molecule has 102 valence electrons. The molecule has 3 rings (SSSR count). The lowest BCUT2D eigenvalue weighted by Gasteiger charge is -2.33. The van der Waals surface area contributed by atoms with E-state index in [1.807, 2.05) is 4.90 Å². The van der Waals surface area contributed by atoms with Crippen molar-refractivity contribution in [3.05, 3.63) is 35.6 Å². The number of carbonyl (C=O) groups is 1. The van der Waals surface area contributed by atoms with Crippen molar-refractivity contribution in [2.75, 3.05) is 6.54 Å². The minimum absolute atomic E-state index is 0.0123. The molecule has 1 atom stereocenters. The van der Waals surface area contributed by atoms with Gasteiger partial charge >= 0.3 is 0 Å². The van der Waals surface area contributed by atoms with Gasteiger partial charge in [0.25, 0.3) is 0 Å². The minimum atomic E-state index is -0.234. The summed E-state index contributed by atoms with van der Waals surface area (Å²) in [4.78, 5) is 14.2. The van der Waals surface area contributed by atoms with Crippen molar-refractivity contribution in [1.29, 1.82) is 0 Å². The molecule has 1 aromatic rings. The van der Waals surface area contributed by atoms with Crippen LogP contribution in [0.25, 0.3) is 0 Å². The number of likely N-dealkylation sites (tertiary alicyclic amines) is 1. The van der Waals surface area contributed by atoms with Crippen LogP contribution >= 0.6 is 0 Å². The molecule has 1 aliphatic heterocycles. The first-order chi connectivity index (χ1) is 9.22. The van der Waals surface area contributed by atoms with E-state index in [0.717, 1.165) is 24.9 Å². The van der Waals surface area contributed by atoms with Gasteiger partial charge < -0.3 is 10.2 Å². The van der Waals surface area contributed by atoms with E-state index < -0.39 is 0 Å². The molecule has 3 nitrogen and oxygen atoms in total. The minimum Gasteiger partial charge on any atom is -0.337 e. The number of hydrogen-bond acceptors (Lipinski definition) is 2. The molecule has 0 radical (unpaired) electrons. The summed E-state index contributed by atoms with van der Waals surface area (Å²) in [5.74, 6) is -0.0375. The molecule has 1 heterocycles. The summed E-state index contributed by atoms with van der Waals surface area (Å²) in [6.07, 6.45) is 4.37. The van der Waals surface area contributed by atoms with E-state index in [9.17, 15) is 9.18 Å². The van der Waals surface area contributed by atoms with Gasteiger partial charge in [-0.3, -0.25) is 4.79 Å². The molecule has 2 fully saturated rings. The van der Waals surface area contributed by atoms with Gasteiger partial charge in [-0.15, -0.1) is 0 Å². The highest BCUT2D eigenvalue weighted by atomic mass is 19.1. The van der Waals surface area contributed by atoms with Crippen LogP contribution < -0.4 is 5.32 Å². The molecular formula is C15H19FN2O. The summed E-state index contributed by atoms with van der Waals surface area (Å²) in [5, 5.41) is 3.42. The smallest absolute Gasteiger partial charge is 0.240 e. The van der Waals surface area contributed by atoms with E-state index >= 15 is 0 Å². The molecular weight excluding hydrogens is 243 g/mol. The predicted octanol–water partition coefficient (Wildman–Crippen LogP) is 2.07. The Hall–Kier alpha value is -1.42. The first-order valence-corrected chi connectivity index (χ1v) is 7.01. The predicted molar refractivity (Wildman–Crippen MR) is 71.0 cm³/mol. The molecule has 1 aliphatic carbocycles. The Morgan fingerprint density at radius 1 is 1.21 bits per heavy atom. The van der Waals surface area contributed by atoms with Crippen LogP contribution in [0, 0.1) is 5.82 Å². The molecule has 0 aromatic heterocycles. The van der Waals surface area contributed by atoms with Crippen molar-refractivity contribution < 1.29 is 9.18 Å². The normalized spacial score (nSPS) is 23.7. The molecule has 19 heavy (non-hydrogen) atoms. The topological polar surface area (TPSA) is 32.3 Å². The Morgan fingerprint density at radius 2 is 1.95 bits per heavy atom. The fraction of sp³-hybridized carbons (Fsp3) is 0.533. The van der Waals surface area contributed by atoms with Crippen LogP contribution in [0.4, 0.5) is 4.39 Å². The molecule has 1 saturated heterocycles. The SMILES string of the molecule is O=C1C(NC2CC2)CCCN1Cc1ccc(F)cc1. The van der Waals surface area contributed by atoms with E-state index in [2.05, 4.69) is 5.32 Å². The molecule has 2 aliphatic rings. The lowest BCUT2D eigenvalue weighted by atomic mass is 10.0. The van der Waals surface area contributed by atoms with Crippen LogP contribution in [-0.2, 0) is 11.3 Å². The standard InChI is InChI=1S/C15H19FN2O/c16-12-5-3-11(4-6-12)10-18-9-1-2-14(15(18)19)17-13-7-8-13/h3-6,13-14,17H,1-2,7-10H2. The fourth-order valence-corrected chi connectivity index (χ4v) is 2.60. The highest BCUT2D eigenvalue weighted by Gasteiger charge is 2.33. The van der Waals surface area contributed by atoms with E-state index in [0.29, 0.717) is 12.6 Å². The van der Waals surface area contributed by atoms with Gasteiger partial charge in [-0.25, -0.2) is 4.39 Å². The summed E-state index contributed by atoms with van der Waals surface area (Å²) in [7, 11) is 0. The van der Waals surface area contributed by atoms with Crippen LogP contribution in [0.1, 0.15) is 31.2 Å². The third-order valence-electron chi connectivity index (χ3n) is 3.83. The number of amides is 1. The van der Waals surface area contributed by atoms with Crippen molar-refractivity contribution in [2.24, 2.45) is 0 Å². The van der Waals surface area contributed by atoms with Crippen molar-refractivity contribution >= 4 is 5.91 Å². The zero-order valence-electron chi connectivity index (χ0n) is 10.9. The maximum absolute atomic E-state index is 12.9. The van der Waals surface area contributed by atoms with Gasteiger partial charge in [0.05, 0.1) is 6.04 Å². The first-order valence-electron chi connectivity index (χ1n) is 7.01. The molecule has 1 saturated carbocycles. The fourth-order valence-electron chi connectivity index (χ4n) is 2.60. The Kier molecular flexibility index (Phi) is 3.51. The average Bonchev–Trinajstić information content (AvgIpc) is 3.21. The molecule has 1 aromatic carbocycles. The highest BCUT2D eigenvalue weighted by Crippen LogP contribution is 2.23. The van der Waals surface area contributed by atoms with E-state index in [4.69, 9.17) is 0 Å². The third kappa shape index (κ3) is 3.13. The Bertz CT molecular complexity index is 456. The summed E-state index contributed by atoms with van der Waals surface area (Å²) in [5.41, 5.74) is 0.988.